The zero-order valence-corrected chi connectivity index (χ0v) is 13.5. The van der Waals surface area contributed by atoms with Gasteiger partial charge in [-0.15, -0.1) is 0 Å². The van der Waals surface area contributed by atoms with Gasteiger partial charge in [0.25, 0.3) is 0 Å². The summed E-state index contributed by atoms with van der Waals surface area (Å²) in [6.45, 7) is 3.77. The van der Waals surface area contributed by atoms with Gasteiger partial charge < -0.3 is 24.6 Å². The van der Waals surface area contributed by atoms with Crippen molar-refractivity contribution >= 4 is 6.09 Å². The Bertz CT molecular complexity index is 561. The lowest BCUT2D eigenvalue weighted by Crippen LogP contribution is -2.50. The van der Waals surface area contributed by atoms with E-state index in [0.29, 0.717) is 12.8 Å². The van der Waals surface area contributed by atoms with E-state index in [2.05, 4.69) is 5.32 Å². The minimum atomic E-state index is -0.768. The van der Waals surface area contributed by atoms with E-state index < -0.39 is 17.5 Å². The van der Waals surface area contributed by atoms with Crippen LogP contribution in [0.25, 0.3) is 0 Å². The van der Waals surface area contributed by atoms with E-state index in [4.69, 9.17) is 14.2 Å². The van der Waals surface area contributed by atoms with Crippen molar-refractivity contribution in [3.8, 4) is 0 Å². The van der Waals surface area contributed by atoms with E-state index in [0.717, 1.165) is 5.56 Å². The number of alkyl carbamates (subject to hydrolysis) is 1. The molecule has 1 saturated heterocycles. The molecule has 1 saturated carbocycles. The van der Waals surface area contributed by atoms with Crippen LogP contribution in [-0.2, 0) is 20.8 Å². The Morgan fingerprint density at radius 2 is 2.09 bits per heavy atom. The second-order valence-electron chi connectivity index (χ2n) is 6.72. The standard InChI is InChI=1S/C17H23NO5/c1-16(2)22-14-9-17(11-19,23-16)8-13(14)18-15(20)21-10-12-6-4-3-5-7-12/h3-7,13-14,19H,8-11H2,1-2H3,(H,18,20)/t13-,14?,17-/m0/s1. The van der Waals surface area contributed by atoms with Crippen LogP contribution in [0.1, 0.15) is 32.3 Å². The molecule has 23 heavy (non-hydrogen) atoms. The zero-order valence-electron chi connectivity index (χ0n) is 13.5. The number of amides is 1. The molecule has 3 atom stereocenters. The van der Waals surface area contributed by atoms with Crippen LogP contribution in [-0.4, -0.2) is 41.3 Å². The largest absolute Gasteiger partial charge is 0.445 e. The number of hydrogen-bond acceptors (Lipinski definition) is 5. The van der Waals surface area contributed by atoms with Crippen LogP contribution in [0, 0.1) is 0 Å². The summed E-state index contributed by atoms with van der Waals surface area (Å²) in [5, 5.41) is 12.5. The molecule has 6 heteroatoms. The lowest BCUT2D eigenvalue weighted by atomic mass is 10.0. The first-order chi connectivity index (χ1) is 10.9. The van der Waals surface area contributed by atoms with Crippen molar-refractivity contribution in [1.82, 2.24) is 5.32 Å². The summed E-state index contributed by atoms with van der Waals surface area (Å²) in [6.07, 6.45) is 0.408. The van der Waals surface area contributed by atoms with Crippen molar-refractivity contribution < 1.29 is 24.1 Å². The zero-order chi connectivity index (χ0) is 16.5. The SMILES string of the molecule is CC1(C)OC2C[C@](CO)(C[C@@H]2NC(=O)OCc2ccccc2)O1. The summed E-state index contributed by atoms with van der Waals surface area (Å²) >= 11 is 0. The topological polar surface area (TPSA) is 77.0 Å². The van der Waals surface area contributed by atoms with Crippen molar-refractivity contribution in [3.63, 3.8) is 0 Å². The summed E-state index contributed by atoms with van der Waals surface area (Å²) < 4.78 is 17.0. The molecule has 2 N–H and O–H groups in total. The summed E-state index contributed by atoms with van der Waals surface area (Å²) in [5.74, 6) is -0.768. The molecule has 6 nitrogen and oxygen atoms in total. The maximum atomic E-state index is 12.0. The van der Waals surface area contributed by atoms with Gasteiger partial charge in [-0.05, 0) is 19.4 Å². The van der Waals surface area contributed by atoms with Crippen molar-refractivity contribution in [2.75, 3.05) is 6.61 Å². The molecular formula is C17H23NO5. The molecule has 1 heterocycles. The summed E-state index contributed by atoms with van der Waals surface area (Å²) in [4.78, 5) is 12.0. The van der Waals surface area contributed by atoms with E-state index in [-0.39, 0.29) is 25.4 Å². The molecule has 2 fully saturated rings. The maximum Gasteiger partial charge on any atom is 0.407 e. The molecule has 0 radical (unpaired) electrons. The van der Waals surface area contributed by atoms with Crippen LogP contribution in [0.5, 0.6) is 0 Å². The molecule has 1 amide bonds. The molecule has 1 unspecified atom stereocenters. The number of carbonyl (C=O) groups is 1. The van der Waals surface area contributed by atoms with E-state index in [1.165, 1.54) is 0 Å². The van der Waals surface area contributed by atoms with Gasteiger partial charge in [0.15, 0.2) is 5.79 Å². The highest BCUT2D eigenvalue weighted by Crippen LogP contribution is 2.44. The van der Waals surface area contributed by atoms with Crippen molar-refractivity contribution in [3.05, 3.63) is 35.9 Å². The number of ether oxygens (including phenoxy) is 3. The molecule has 1 aromatic carbocycles. The Kier molecular flexibility index (Phi) is 4.31. The lowest BCUT2D eigenvalue weighted by Gasteiger charge is -2.41. The fourth-order valence-corrected chi connectivity index (χ4v) is 3.46. The second kappa shape index (κ2) is 6.11. The van der Waals surface area contributed by atoms with E-state index in [1.54, 1.807) is 0 Å². The van der Waals surface area contributed by atoms with Gasteiger partial charge in [0, 0.05) is 12.8 Å². The first-order valence-electron chi connectivity index (χ1n) is 7.87. The highest BCUT2D eigenvalue weighted by atomic mass is 16.7. The number of hydrogen-bond donors (Lipinski definition) is 2. The third kappa shape index (κ3) is 3.65. The second-order valence-corrected chi connectivity index (χ2v) is 6.72. The van der Waals surface area contributed by atoms with Crippen LogP contribution in [0.2, 0.25) is 0 Å². The average Bonchev–Trinajstić information content (AvgIpc) is 2.77. The molecule has 0 aromatic heterocycles. The first-order valence-corrected chi connectivity index (χ1v) is 7.87. The first kappa shape index (κ1) is 16.2. The number of aliphatic hydroxyl groups excluding tert-OH is 1. The molecule has 1 aromatic rings. The van der Waals surface area contributed by atoms with Crippen LogP contribution in [0.4, 0.5) is 4.79 Å². The van der Waals surface area contributed by atoms with E-state index >= 15 is 0 Å². The number of aliphatic hydroxyl groups is 1. The Hall–Kier alpha value is -1.63. The van der Waals surface area contributed by atoms with Gasteiger partial charge in [-0.2, -0.15) is 0 Å². The van der Waals surface area contributed by atoms with Crippen LogP contribution >= 0.6 is 0 Å². The summed E-state index contributed by atoms with van der Waals surface area (Å²) in [6, 6.07) is 9.28. The van der Waals surface area contributed by atoms with Gasteiger partial charge in [-0.1, -0.05) is 30.3 Å². The van der Waals surface area contributed by atoms with E-state index in [9.17, 15) is 9.90 Å². The molecule has 3 rings (SSSR count). The van der Waals surface area contributed by atoms with Crippen molar-refractivity contribution in [2.45, 2.75) is 56.8 Å². The normalized spacial score (nSPS) is 31.6. The molecule has 1 aliphatic carbocycles. The average molecular weight is 321 g/mol. The fraction of sp³-hybridized carbons (Fsp3) is 0.588. The highest BCUT2D eigenvalue weighted by Gasteiger charge is 2.55. The number of rotatable bonds is 4. The van der Waals surface area contributed by atoms with Gasteiger partial charge >= 0.3 is 6.09 Å². The Morgan fingerprint density at radius 1 is 1.35 bits per heavy atom. The predicted molar refractivity (Wildman–Crippen MR) is 82.6 cm³/mol. The third-order valence-corrected chi connectivity index (χ3v) is 4.32. The fourth-order valence-electron chi connectivity index (χ4n) is 3.46. The Morgan fingerprint density at radius 3 is 2.78 bits per heavy atom. The Balaban J connectivity index is 1.57. The number of benzene rings is 1. The smallest absolute Gasteiger partial charge is 0.407 e. The monoisotopic (exact) mass is 321 g/mol. The minimum Gasteiger partial charge on any atom is -0.445 e. The molecule has 2 bridgehead atoms. The number of nitrogens with one attached hydrogen (secondary N) is 1. The summed E-state index contributed by atoms with van der Waals surface area (Å²) in [7, 11) is 0. The quantitative estimate of drug-likeness (QED) is 0.886. The Labute approximate surface area is 135 Å². The van der Waals surface area contributed by atoms with Gasteiger partial charge in [0.2, 0.25) is 0 Å². The minimum absolute atomic E-state index is 0.0897. The van der Waals surface area contributed by atoms with Crippen LogP contribution < -0.4 is 5.32 Å². The molecule has 0 spiro atoms. The predicted octanol–water partition coefficient (Wildman–Crippen LogP) is 1.96. The van der Waals surface area contributed by atoms with Crippen molar-refractivity contribution in [1.29, 1.82) is 0 Å². The van der Waals surface area contributed by atoms with Gasteiger partial charge in [-0.25, -0.2) is 4.79 Å². The summed E-state index contributed by atoms with van der Waals surface area (Å²) in [5.41, 5.74) is 0.282. The maximum absolute atomic E-state index is 12.0. The molecular weight excluding hydrogens is 298 g/mol. The molecule has 1 aliphatic heterocycles. The number of fused-ring (bicyclic) bond motifs is 2. The number of carbonyl (C=O) groups excluding carboxylic acids is 1. The highest BCUT2D eigenvalue weighted by molar-refractivity contribution is 5.67. The van der Waals surface area contributed by atoms with Gasteiger partial charge in [0.05, 0.1) is 24.4 Å². The lowest BCUT2D eigenvalue weighted by molar-refractivity contribution is -0.318. The molecule has 2 aliphatic rings. The van der Waals surface area contributed by atoms with Crippen molar-refractivity contribution in [2.24, 2.45) is 0 Å². The molecule has 126 valence electrons. The van der Waals surface area contributed by atoms with E-state index in [1.807, 2.05) is 44.2 Å². The van der Waals surface area contributed by atoms with Crippen LogP contribution in [0.15, 0.2) is 30.3 Å². The van der Waals surface area contributed by atoms with Crippen LogP contribution in [0.3, 0.4) is 0 Å². The third-order valence-electron chi connectivity index (χ3n) is 4.32. The van der Waals surface area contributed by atoms with Gasteiger partial charge in [-0.3, -0.25) is 0 Å². The van der Waals surface area contributed by atoms with Gasteiger partial charge in [0.1, 0.15) is 6.61 Å².